The maximum absolute atomic E-state index is 12.5. The Morgan fingerprint density at radius 2 is 1.96 bits per heavy atom. The van der Waals surface area contributed by atoms with E-state index in [-0.39, 0.29) is 26.3 Å². The molecule has 6 nitrogen and oxygen atoms in total. The molecule has 3 rings (SSSR count). The number of likely N-dealkylation sites (tertiary alicyclic amines) is 1. The number of fused-ring (bicyclic) bond motifs is 1. The van der Waals surface area contributed by atoms with Gasteiger partial charge in [0.1, 0.15) is 6.54 Å². The summed E-state index contributed by atoms with van der Waals surface area (Å²) in [5.41, 5.74) is 0.485. The number of carbonyl (C=O) groups is 2. The van der Waals surface area contributed by atoms with Crippen molar-refractivity contribution in [2.45, 2.75) is 31.9 Å². The first-order valence-corrected chi connectivity index (χ1v) is 8.57. The number of rotatable bonds is 5. The molecule has 0 aliphatic carbocycles. The third kappa shape index (κ3) is 4.45. The van der Waals surface area contributed by atoms with Crippen LogP contribution in [0.1, 0.15) is 25.8 Å². The molecule has 0 bridgehead atoms. The Morgan fingerprint density at radius 1 is 1.26 bits per heavy atom. The molecule has 2 heterocycles. The summed E-state index contributed by atoms with van der Waals surface area (Å²) in [6, 6.07) is 5.52. The monoisotopic (exact) mass is 386 g/mol. The second kappa shape index (κ2) is 6.94. The Kier molecular flexibility index (Phi) is 4.96. The van der Waals surface area contributed by atoms with E-state index in [4.69, 9.17) is 9.47 Å². The second-order valence-electron chi connectivity index (χ2n) is 7.46. The molecule has 1 atom stereocenters. The highest BCUT2D eigenvalue weighted by Gasteiger charge is 2.40. The molecule has 1 saturated heterocycles. The number of carbonyl (C=O) groups excluding carboxylic acids is 2. The first-order chi connectivity index (χ1) is 12.5. The van der Waals surface area contributed by atoms with Crippen molar-refractivity contribution >= 4 is 11.8 Å². The van der Waals surface area contributed by atoms with Crippen molar-refractivity contribution in [1.29, 1.82) is 0 Å². The van der Waals surface area contributed by atoms with E-state index in [0.717, 1.165) is 5.56 Å². The maximum atomic E-state index is 12.5. The smallest absolute Gasteiger partial charge is 0.406 e. The van der Waals surface area contributed by atoms with Crippen molar-refractivity contribution in [3.05, 3.63) is 23.8 Å². The molecule has 1 fully saturated rings. The summed E-state index contributed by atoms with van der Waals surface area (Å²) in [5.74, 6) is -0.541. The van der Waals surface area contributed by atoms with Gasteiger partial charge in [0.25, 0.3) is 0 Å². The summed E-state index contributed by atoms with van der Waals surface area (Å²) in [4.78, 5) is 24.8. The van der Waals surface area contributed by atoms with Crippen LogP contribution < -0.4 is 14.8 Å². The fourth-order valence-electron chi connectivity index (χ4n) is 3.19. The lowest BCUT2D eigenvalue weighted by Crippen LogP contribution is -2.41. The molecule has 0 saturated carbocycles. The van der Waals surface area contributed by atoms with Gasteiger partial charge < -0.3 is 19.7 Å². The summed E-state index contributed by atoms with van der Waals surface area (Å²) in [6.07, 6.45) is -4.67. The Labute approximate surface area is 154 Å². The predicted octanol–water partition coefficient (Wildman–Crippen LogP) is 2.22. The summed E-state index contributed by atoms with van der Waals surface area (Å²) in [5, 5.41) is 2.76. The minimum atomic E-state index is -4.47. The van der Waals surface area contributed by atoms with Crippen molar-refractivity contribution in [2.24, 2.45) is 5.92 Å². The molecule has 2 aliphatic rings. The van der Waals surface area contributed by atoms with E-state index in [9.17, 15) is 22.8 Å². The largest absolute Gasteiger partial charge is 0.454 e. The Balaban J connectivity index is 1.58. The third-order valence-corrected chi connectivity index (χ3v) is 4.81. The minimum absolute atomic E-state index is 0.167. The van der Waals surface area contributed by atoms with E-state index < -0.39 is 35.9 Å². The van der Waals surface area contributed by atoms with Crippen LogP contribution in [0.2, 0.25) is 0 Å². The van der Waals surface area contributed by atoms with E-state index >= 15 is 0 Å². The highest BCUT2D eigenvalue weighted by molar-refractivity contribution is 5.89. The molecule has 1 aromatic rings. The normalized spacial score (nSPS) is 19.5. The van der Waals surface area contributed by atoms with Gasteiger partial charge in [-0.2, -0.15) is 13.2 Å². The molecule has 0 spiro atoms. The SMILES string of the molecule is CC(C)(CNC(=O)[C@H]1CC(=O)N(CC(F)(F)F)C1)c1ccc2c(c1)OCO2. The van der Waals surface area contributed by atoms with E-state index in [1.165, 1.54) is 0 Å². The molecular formula is C18H21F3N2O4. The standard InChI is InChI=1S/C18H21F3N2O4/c1-17(2,12-3-4-13-14(6-12)27-10-26-13)8-22-16(25)11-5-15(24)23(7-11)9-18(19,20)21/h3-4,6,11H,5,7-10H2,1-2H3,(H,22,25)/t11-/m0/s1. The van der Waals surface area contributed by atoms with Gasteiger partial charge in [-0.1, -0.05) is 19.9 Å². The van der Waals surface area contributed by atoms with Crippen LogP contribution in [0.3, 0.4) is 0 Å². The summed E-state index contributed by atoms with van der Waals surface area (Å²) < 4.78 is 48.1. The van der Waals surface area contributed by atoms with E-state index in [1.54, 1.807) is 6.07 Å². The van der Waals surface area contributed by atoms with Crippen LogP contribution >= 0.6 is 0 Å². The number of hydrogen-bond donors (Lipinski definition) is 1. The molecule has 2 aliphatic heterocycles. The zero-order chi connectivity index (χ0) is 19.8. The quantitative estimate of drug-likeness (QED) is 0.843. The summed E-state index contributed by atoms with van der Waals surface area (Å²) in [7, 11) is 0. The lowest BCUT2D eigenvalue weighted by molar-refractivity contribution is -0.157. The van der Waals surface area contributed by atoms with Crippen LogP contribution in [-0.4, -0.2) is 49.3 Å². The van der Waals surface area contributed by atoms with Crippen LogP contribution in [0, 0.1) is 5.92 Å². The summed E-state index contributed by atoms with van der Waals surface area (Å²) >= 11 is 0. The number of nitrogens with zero attached hydrogens (tertiary/aromatic N) is 1. The van der Waals surface area contributed by atoms with Crippen molar-refractivity contribution in [3.63, 3.8) is 0 Å². The lowest BCUT2D eigenvalue weighted by atomic mass is 9.84. The Hall–Kier alpha value is -2.45. The molecule has 9 heteroatoms. The van der Waals surface area contributed by atoms with Crippen molar-refractivity contribution in [2.75, 3.05) is 26.4 Å². The van der Waals surface area contributed by atoms with Crippen LogP contribution in [0.5, 0.6) is 11.5 Å². The molecule has 148 valence electrons. The van der Waals surface area contributed by atoms with Crippen LogP contribution in [0.25, 0.3) is 0 Å². The first kappa shape index (κ1) is 19.3. The van der Waals surface area contributed by atoms with Gasteiger partial charge in [0, 0.05) is 24.9 Å². The van der Waals surface area contributed by atoms with Gasteiger partial charge in [-0.05, 0) is 17.7 Å². The predicted molar refractivity (Wildman–Crippen MR) is 89.3 cm³/mol. The van der Waals surface area contributed by atoms with Gasteiger partial charge in [0.05, 0.1) is 5.92 Å². The van der Waals surface area contributed by atoms with E-state index in [0.29, 0.717) is 16.4 Å². The zero-order valence-electron chi connectivity index (χ0n) is 15.1. The highest BCUT2D eigenvalue weighted by atomic mass is 19.4. The molecule has 0 unspecified atom stereocenters. The fraction of sp³-hybridized carbons (Fsp3) is 0.556. The Bertz CT molecular complexity index is 749. The van der Waals surface area contributed by atoms with Crippen LogP contribution in [0.15, 0.2) is 18.2 Å². The van der Waals surface area contributed by atoms with Gasteiger partial charge >= 0.3 is 6.18 Å². The topological polar surface area (TPSA) is 67.9 Å². The molecule has 0 radical (unpaired) electrons. The van der Waals surface area contributed by atoms with E-state index in [1.807, 2.05) is 26.0 Å². The van der Waals surface area contributed by atoms with Crippen molar-refractivity contribution < 1.29 is 32.2 Å². The van der Waals surface area contributed by atoms with Crippen LogP contribution in [0.4, 0.5) is 13.2 Å². The average molecular weight is 386 g/mol. The number of alkyl halides is 3. The molecule has 1 N–H and O–H groups in total. The van der Waals surface area contributed by atoms with E-state index in [2.05, 4.69) is 5.32 Å². The lowest BCUT2D eigenvalue weighted by Gasteiger charge is -2.26. The number of halogens is 3. The molecular weight excluding hydrogens is 365 g/mol. The number of hydrogen-bond acceptors (Lipinski definition) is 4. The maximum Gasteiger partial charge on any atom is 0.406 e. The molecule has 27 heavy (non-hydrogen) atoms. The van der Waals surface area contributed by atoms with Gasteiger partial charge in [0.2, 0.25) is 18.6 Å². The van der Waals surface area contributed by atoms with Gasteiger partial charge in [-0.3, -0.25) is 9.59 Å². The molecule has 1 aromatic carbocycles. The average Bonchev–Trinajstić information content (AvgIpc) is 3.17. The fourth-order valence-corrected chi connectivity index (χ4v) is 3.19. The molecule has 0 aromatic heterocycles. The van der Waals surface area contributed by atoms with Crippen molar-refractivity contribution in [1.82, 2.24) is 10.2 Å². The first-order valence-electron chi connectivity index (χ1n) is 8.57. The number of benzene rings is 1. The zero-order valence-corrected chi connectivity index (χ0v) is 15.1. The second-order valence-corrected chi connectivity index (χ2v) is 7.46. The van der Waals surface area contributed by atoms with Gasteiger partial charge in [-0.25, -0.2) is 0 Å². The number of nitrogens with one attached hydrogen (secondary N) is 1. The van der Waals surface area contributed by atoms with Gasteiger partial charge in [0.15, 0.2) is 11.5 Å². The Morgan fingerprint density at radius 3 is 2.67 bits per heavy atom. The van der Waals surface area contributed by atoms with Crippen molar-refractivity contribution in [3.8, 4) is 11.5 Å². The third-order valence-electron chi connectivity index (χ3n) is 4.81. The van der Waals surface area contributed by atoms with Crippen LogP contribution in [-0.2, 0) is 15.0 Å². The summed E-state index contributed by atoms with van der Waals surface area (Å²) in [6.45, 7) is 2.77. The minimum Gasteiger partial charge on any atom is -0.454 e. The highest BCUT2D eigenvalue weighted by Crippen LogP contribution is 2.36. The number of amides is 2. The van der Waals surface area contributed by atoms with Gasteiger partial charge in [-0.15, -0.1) is 0 Å². The molecule has 2 amide bonds. The number of ether oxygens (including phenoxy) is 2.